The van der Waals surface area contributed by atoms with Gasteiger partial charge in [0.05, 0.1) is 0 Å². The Morgan fingerprint density at radius 1 is 1.04 bits per heavy atom. The van der Waals surface area contributed by atoms with Crippen LogP contribution in [-0.4, -0.2) is 43.4 Å². The van der Waals surface area contributed by atoms with Crippen molar-refractivity contribution in [3.05, 3.63) is 72.4 Å². The van der Waals surface area contributed by atoms with Gasteiger partial charge >= 0.3 is 0 Å². The minimum absolute atomic E-state index is 0.0657. The molecule has 0 saturated carbocycles. The van der Waals surface area contributed by atoms with Gasteiger partial charge in [0.1, 0.15) is 12.4 Å². The molecule has 0 spiro atoms. The van der Waals surface area contributed by atoms with Crippen molar-refractivity contribution in [2.24, 2.45) is 5.73 Å². The van der Waals surface area contributed by atoms with Crippen molar-refractivity contribution in [2.75, 3.05) is 0 Å². The van der Waals surface area contributed by atoms with E-state index in [0.29, 0.717) is 5.82 Å². The highest BCUT2D eigenvalue weighted by atomic mass is 16.2. The predicted molar refractivity (Wildman–Crippen MR) is 94.8 cm³/mol. The first-order chi connectivity index (χ1) is 13.1. The number of pyridine rings is 1. The van der Waals surface area contributed by atoms with E-state index in [9.17, 15) is 14.4 Å². The number of Topliss-reactive ketones (excluding diaryl/α,β-unsaturated/α-hetero) is 1. The topological polar surface area (TPSA) is 133 Å². The molecule has 0 aliphatic heterocycles. The smallest absolute Gasteiger partial charge is 0.289 e. The van der Waals surface area contributed by atoms with E-state index in [-0.39, 0.29) is 12.2 Å². The lowest BCUT2D eigenvalue weighted by atomic mass is 10.0. The van der Waals surface area contributed by atoms with Crippen LogP contribution in [0.2, 0.25) is 0 Å². The second-order valence-corrected chi connectivity index (χ2v) is 5.63. The summed E-state index contributed by atoms with van der Waals surface area (Å²) >= 11 is 0. The van der Waals surface area contributed by atoms with Gasteiger partial charge in [-0.3, -0.25) is 14.4 Å². The number of aromatic nitrogens is 4. The zero-order valence-corrected chi connectivity index (χ0v) is 14.1. The third kappa shape index (κ3) is 4.21. The zero-order valence-electron chi connectivity index (χ0n) is 14.1. The Kier molecular flexibility index (Phi) is 5.31. The molecule has 0 aliphatic carbocycles. The van der Waals surface area contributed by atoms with Crippen LogP contribution in [0.4, 0.5) is 0 Å². The molecule has 1 atom stereocenters. The number of primary amides is 1. The van der Waals surface area contributed by atoms with Gasteiger partial charge in [0.25, 0.3) is 11.8 Å². The molecule has 9 heteroatoms. The Bertz CT molecular complexity index is 955. The van der Waals surface area contributed by atoms with Crippen LogP contribution in [0, 0.1) is 0 Å². The van der Waals surface area contributed by atoms with Crippen LogP contribution in [0.5, 0.6) is 0 Å². The fourth-order valence-corrected chi connectivity index (χ4v) is 2.50. The first-order valence-corrected chi connectivity index (χ1v) is 8.06. The molecule has 2 heterocycles. The number of nitrogens with zero attached hydrogens (tertiary/aromatic N) is 4. The molecule has 0 saturated heterocycles. The van der Waals surface area contributed by atoms with Gasteiger partial charge < -0.3 is 11.1 Å². The van der Waals surface area contributed by atoms with Crippen LogP contribution >= 0.6 is 0 Å². The second-order valence-electron chi connectivity index (χ2n) is 5.63. The van der Waals surface area contributed by atoms with Gasteiger partial charge in [-0.2, -0.15) is 9.78 Å². The van der Waals surface area contributed by atoms with Crippen molar-refractivity contribution in [3.63, 3.8) is 0 Å². The Balaban J connectivity index is 1.84. The van der Waals surface area contributed by atoms with Gasteiger partial charge in [-0.1, -0.05) is 36.4 Å². The van der Waals surface area contributed by atoms with Crippen LogP contribution in [0.1, 0.15) is 16.2 Å². The summed E-state index contributed by atoms with van der Waals surface area (Å²) in [5.74, 6) is -2.36. The summed E-state index contributed by atoms with van der Waals surface area (Å²) in [5, 5.41) is 6.50. The molecule has 0 radical (unpaired) electrons. The Hall–Kier alpha value is -3.88. The molecule has 0 bridgehead atoms. The lowest BCUT2D eigenvalue weighted by Gasteiger charge is -2.16. The van der Waals surface area contributed by atoms with Crippen LogP contribution in [0.15, 0.2) is 61.1 Å². The molecule has 1 aromatic carbocycles. The molecule has 9 nitrogen and oxygen atoms in total. The summed E-state index contributed by atoms with van der Waals surface area (Å²) in [6.07, 6.45) is 2.87. The van der Waals surface area contributed by atoms with Crippen molar-refractivity contribution in [2.45, 2.75) is 12.5 Å². The highest BCUT2D eigenvalue weighted by Gasteiger charge is 2.27. The van der Waals surface area contributed by atoms with Crippen molar-refractivity contribution < 1.29 is 14.4 Å². The van der Waals surface area contributed by atoms with Crippen LogP contribution in [-0.2, 0) is 16.0 Å². The molecule has 3 N–H and O–H groups in total. The standard InChI is InChI=1S/C18H16N6O3/c19-16(26)15(25)13(10-12-6-2-1-3-7-12)23-18(27)17-21-11-22-24(17)14-8-4-5-9-20-14/h1-9,11,13H,10H2,(H2,19,26)(H,23,27). The first-order valence-electron chi connectivity index (χ1n) is 8.06. The van der Waals surface area contributed by atoms with Crippen LogP contribution in [0.3, 0.4) is 0 Å². The van der Waals surface area contributed by atoms with E-state index in [1.807, 2.05) is 6.07 Å². The maximum atomic E-state index is 12.7. The second kappa shape index (κ2) is 8.00. The number of benzene rings is 1. The van der Waals surface area contributed by atoms with Crippen molar-refractivity contribution >= 4 is 17.6 Å². The van der Waals surface area contributed by atoms with Gasteiger partial charge in [-0.15, -0.1) is 0 Å². The monoisotopic (exact) mass is 364 g/mol. The summed E-state index contributed by atoms with van der Waals surface area (Å²) in [7, 11) is 0. The molecule has 0 aliphatic rings. The summed E-state index contributed by atoms with van der Waals surface area (Å²) < 4.78 is 1.24. The van der Waals surface area contributed by atoms with E-state index >= 15 is 0 Å². The van der Waals surface area contributed by atoms with Crippen molar-refractivity contribution in [1.29, 1.82) is 0 Å². The SMILES string of the molecule is NC(=O)C(=O)C(Cc1ccccc1)NC(=O)c1ncnn1-c1ccccn1. The Morgan fingerprint density at radius 3 is 2.44 bits per heavy atom. The van der Waals surface area contributed by atoms with E-state index in [2.05, 4.69) is 20.4 Å². The quantitative estimate of drug-likeness (QED) is 0.570. The molecule has 2 aromatic heterocycles. The summed E-state index contributed by atoms with van der Waals surface area (Å²) in [5.41, 5.74) is 5.89. The number of amides is 2. The number of nitrogens with one attached hydrogen (secondary N) is 1. The van der Waals surface area contributed by atoms with Gasteiger partial charge in [0.2, 0.25) is 11.6 Å². The Labute approximate surface area is 154 Å². The summed E-state index contributed by atoms with van der Waals surface area (Å²) in [6, 6.07) is 13.0. The molecular weight excluding hydrogens is 348 g/mol. The van der Waals surface area contributed by atoms with Gasteiger partial charge in [0, 0.05) is 12.6 Å². The lowest BCUT2D eigenvalue weighted by molar-refractivity contribution is -0.137. The van der Waals surface area contributed by atoms with E-state index in [1.165, 1.54) is 11.0 Å². The maximum absolute atomic E-state index is 12.7. The fraction of sp³-hybridized carbons (Fsp3) is 0.111. The molecule has 136 valence electrons. The molecular formula is C18H16N6O3. The molecule has 3 rings (SSSR count). The van der Waals surface area contributed by atoms with E-state index < -0.39 is 23.6 Å². The normalized spacial score (nSPS) is 11.6. The van der Waals surface area contributed by atoms with E-state index in [4.69, 9.17) is 5.73 Å². The first kappa shape index (κ1) is 17.9. The van der Waals surface area contributed by atoms with Crippen LogP contribution in [0.25, 0.3) is 5.82 Å². The lowest BCUT2D eigenvalue weighted by Crippen LogP contribution is -2.47. The highest BCUT2D eigenvalue weighted by Crippen LogP contribution is 2.08. The Morgan fingerprint density at radius 2 is 1.78 bits per heavy atom. The number of rotatable bonds is 7. The number of ketones is 1. The molecule has 0 fully saturated rings. The largest absolute Gasteiger partial charge is 0.363 e. The molecule has 1 unspecified atom stereocenters. The number of nitrogens with two attached hydrogens (primary N) is 1. The molecule has 3 aromatic rings. The average Bonchev–Trinajstić information content (AvgIpc) is 3.18. The number of carbonyl (C=O) groups is 3. The summed E-state index contributed by atoms with van der Waals surface area (Å²) in [6.45, 7) is 0. The van der Waals surface area contributed by atoms with Crippen molar-refractivity contribution in [1.82, 2.24) is 25.1 Å². The number of hydrogen-bond acceptors (Lipinski definition) is 6. The van der Waals surface area contributed by atoms with Crippen LogP contribution < -0.4 is 11.1 Å². The average molecular weight is 364 g/mol. The summed E-state index contributed by atoms with van der Waals surface area (Å²) in [4.78, 5) is 44.2. The maximum Gasteiger partial charge on any atom is 0.289 e. The van der Waals surface area contributed by atoms with Gasteiger partial charge in [-0.25, -0.2) is 9.97 Å². The van der Waals surface area contributed by atoms with E-state index in [1.54, 1.807) is 48.7 Å². The third-order valence-electron chi connectivity index (χ3n) is 3.76. The fourth-order valence-electron chi connectivity index (χ4n) is 2.50. The molecule has 2 amide bonds. The highest BCUT2D eigenvalue weighted by molar-refractivity contribution is 6.38. The number of hydrogen-bond donors (Lipinski definition) is 2. The van der Waals surface area contributed by atoms with Gasteiger partial charge in [0.15, 0.2) is 5.82 Å². The molecule has 27 heavy (non-hydrogen) atoms. The minimum Gasteiger partial charge on any atom is -0.363 e. The predicted octanol–water partition coefficient (Wildman–Crippen LogP) is 0.0578. The third-order valence-corrected chi connectivity index (χ3v) is 3.76. The minimum atomic E-state index is -1.12. The van der Waals surface area contributed by atoms with Crippen molar-refractivity contribution in [3.8, 4) is 5.82 Å². The zero-order chi connectivity index (χ0) is 19.2. The van der Waals surface area contributed by atoms with E-state index in [0.717, 1.165) is 5.56 Å². The number of carbonyl (C=O) groups excluding carboxylic acids is 3. The van der Waals surface area contributed by atoms with Gasteiger partial charge in [-0.05, 0) is 17.7 Å².